The van der Waals surface area contributed by atoms with Crippen LogP contribution in [0.15, 0.2) is 30.9 Å². The zero-order chi connectivity index (χ0) is 24.7. The van der Waals surface area contributed by atoms with Crippen molar-refractivity contribution >= 4 is 121 Å². The maximum atomic E-state index is 15.4. The Morgan fingerprint density at radius 2 is 0.882 bits per heavy atom. The van der Waals surface area contributed by atoms with E-state index < -0.39 is 14.1 Å². The monoisotopic (exact) mass is 594 g/mol. The van der Waals surface area contributed by atoms with Crippen molar-refractivity contribution in [3.8, 4) is 0 Å². The summed E-state index contributed by atoms with van der Waals surface area (Å²) in [7, 11) is -8.39. The summed E-state index contributed by atoms with van der Waals surface area (Å²) in [5, 5.41) is 20.8. The van der Waals surface area contributed by atoms with E-state index in [1.165, 1.54) is 0 Å². The number of thiol groups is 3. The van der Waals surface area contributed by atoms with Gasteiger partial charge in [-0.15, -0.1) is 66.2 Å². The summed E-state index contributed by atoms with van der Waals surface area (Å²) < 4.78 is 59.2. The first-order valence-electron chi connectivity index (χ1n) is 9.18. The number of hydrogen-bond donors (Lipinski definition) is 3. The van der Waals surface area contributed by atoms with Crippen molar-refractivity contribution in [1.29, 1.82) is 0 Å². The third kappa shape index (κ3) is 11.1. The molecule has 12 nitrogen and oxygen atoms in total. The van der Waals surface area contributed by atoms with Crippen LogP contribution in [0.25, 0.3) is 0 Å². The number of hydrogen-bond acceptors (Lipinski definition) is 18. The maximum Gasteiger partial charge on any atom is 0.812 e. The van der Waals surface area contributed by atoms with Gasteiger partial charge in [0, 0.05) is 17.3 Å². The van der Waals surface area contributed by atoms with Crippen LogP contribution in [0.1, 0.15) is 0 Å². The summed E-state index contributed by atoms with van der Waals surface area (Å²) in [6.07, 6.45) is 2.73. The lowest BCUT2D eigenvalue weighted by Gasteiger charge is -2.28. The van der Waals surface area contributed by atoms with E-state index in [1.807, 2.05) is 0 Å². The average molecular weight is 594 g/mol. The number of nitrogens with zero attached hydrogens (tertiary/aromatic N) is 6. The molecule has 0 aliphatic carbocycles. The normalized spacial score (nSPS) is 32.6. The van der Waals surface area contributed by atoms with E-state index in [2.05, 4.69) is 83.1 Å². The molecule has 22 heteroatoms. The van der Waals surface area contributed by atoms with Crippen LogP contribution in [0, 0.1) is 0 Å². The molecule has 0 amide bonds. The van der Waals surface area contributed by atoms with Gasteiger partial charge in [0.25, 0.3) is 0 Å². The Kier molecular flexibility index (Phi) is 13.6. The summed E-state index contributed by atoms with van der Waals surface area (Å²) in [5.74, 6) is 2.50. The standard InChI is InChI=1S/C12H18B2F2N6O6S6/c15-13-23-17-7-10(32-4-1-29)20-26-14(16,27-21-11(8-18-24-13)33-5-2-30)28-22-12(9-19-25-13)34-6-3-31/h7-9,29-31H,1-6H2/q-2/b17-7-,18-8+,19-9+,20-10+,21-11+,22-12+. The Hall–Kier alpha value is -1.09. The third-order valence-electron chi connectivity index (χ3n) is 2.88. The fraction of sp³-hybridized carbons (Fsp3) is 0.500. The average Bonchev–Trinajstić information content (AvgIpc) is 2.82. The topological polar surface area (TPSA) is 130 Å². The Bertz CT molecular complexity index is 743. The Balaban J connectivity index is 2.52. The predicted octanol–water partition coefficient (Wildman–Crippen LogP) is 2.81. The molecule has 3 heterocycles. The molecular formula is C12H18B2F2N6O6S6-2. The van der Waals surface area contributed by atoms with Gasteiger partial charge in [-0.05, 0) is 17.3 Å². The number of fused-ring (bicyclic) bond motifs is 9. The summed E-state index contributed by atoms with van der Waals surface area (Å²) in [6, 6.07) is 0. The zero-order valence-electron chi connectivity index (χ0n) is 17.1. The van der Waals surface area contributed by atoms with E-state index in [4.69, 9.17) is 14.3 Å². The molecule has 0 aromatic heterocycles. The first-order chi connectivity index (χ1) is 16.4. The number of thioether (sulfide) groups is 3. The fourth-order valence-corrected chi connectivity index (χ4v) is 3.98. The van der Waals surface area contributed by atoms with Crippen molar-refractivity contribution in [2.24, 2.45) is 30.9 Å². The van der Waals surface area contributed by atoms with E-state index in [0.717, 1.165) is 53.9 Å². The molecular weight excluding hydrogens is 576 g/mol. The van der Waals surface area contributed by atoms with Crippen LogP contribution >= 0.6 is 73.2 Å². The van der Waals surface area contributed by atoms with Crippen molar-refractivity contribution < 1.29 is 37.2 Å². The SMILES string of the molecule is F[B-]12O/N=C\C(SCCS)=N/O[B-](F)(O/N=C(SCCS)\C=N\O1)O/N=C(SCCS)\C=N\O2. The summed E-state index contributed by atoms with van der Waals surface area (Å²) in [6.45, 7) is 0. The molecule has 2 bridgehead atoms. The molecule has 0 radical (unpaired) electrons. The van der Waals surface area contributed by atoms with E-state index in [9.17, 15) is 0 Å². The van der Waals surface area contributed by atoms with Crippen LogP contribution in [-0.4, -0.2) is 82.4 Å². The number of rotatable bonds is 6. The molecule has 0 saturated carbocycles. The van der Waals surface area contributed by atoms with Gasteiger partial charge in [0.05, 0.1) is 18.6 Å². The maximum absolute atomic E-state index is 15.4. The molecule has 0 unspecified atom stereocenters. The van der Waals surface area contributed by atoms with Crippen molar-refractivity contribution in [1.82, 2.24) is 0 Å². The van der Waals surface area contributed by atoms with Crippen molar-refractivity contribution in [2.75, 3.05) is 34.5 Å². The second-order valence-electron chi connectivity index (χ2n) is 5.45. The van der Waals surface area contributed by atoms with Crippen LogP contribution in [0.3, 0.4) is 0 Å². The van der Waals surface area contributed by atoms with Gasteiger partial charge in [-0.2, -0.15) is 37.9 Å². The predicted molar refractivity (Wildman–Crippen MR) is 147 cm³/mol. The van der Waals surface area contributed by atoms with Gasteiger partial charge in [-0.3, -0.25) is 0 Å². The zero-order valence-corrected chi connectivity index (χ0v) is 22.2. The molecule has 0 spiro atoms. The summed E-state index contributed by atoms with van der Waals surface area (Å²) in [5.41, 5.74) is 0. The molecule has 34 heavy (non-hydrogen) atoms. The van der Waals surface area contributed by atoms with Gasteiger partial charge in [0.1, 0.15) is 0 Å². The van der Waals surface area contributed by atoms with Gasteiger partial charge in [0.15, 0.2) is 15.1 Å². The quantitative estimate of drug-likeness (QED) is 0.314. The van der Waals surface area contributed by atoms with Crippen molar-refractivity contribution in [2.45, 2.75) is 0 Å². The summed E-state index contributed by atoms with van der Waals surface area (Å²) in [4.78, 5) is 0. The number of oxime groups is 6. The molecule has 0 atom stereocenters. The molecule has 0 aromatic carbocycles. The number of halogens is 2. The second kappa shape index (κ2) is 15.8. The molecule has 3 aliphatic heterocycles. The highest BCUT2D eigenvalue weighted by molar-refractivity contribution is 8.16. The van der Waals surface area contributed by atoms with Gasteiger partial charge < -0.3 is 37.2 Å². The second-order valence-corrected chi connectivity index (χ2v) is 10.1. The van der Waals surface area contributed by atoms with Gasteiger partial charge in [-0.1, -0.05) is 0 Å². The fourth-order valence-electron chi connectivity index (χ4n) is 1.62. The molecule has 190 valence electrons. The molecule has 0 fully saturated rings. The van der Waals surface area contributed by atoms with E-state index >= 15 is 8.63 Å². The highest BCUT2D eigenvalue weighted by Gasteiger charge is 2.42. The van der Waals surface area contributed by atoms with E-state index in [1.54, 1.807) is 0 Å². The highest BCUT2D eigenvalue weighted by Crippen LogP contribution is 2.20. The van der Waals surface area contributed by atoms with E-state index in [-0.39, 0.29) is 15.1 Å². The lowest BCUT2D eigenvalue weighted by atomic mass is 10.2. The van der Waals surface area contributed by atoms with Crippen molar-refractivity contribution in [3.05, 3.63) is 0 Å². The first-order valence-corrected chi connectivity index (χ1v) is 14.0. The molecule has 3 aliphatic rings. The Morgan fingerprint density at radius 1 is 0.588 bits per heavy atom. The smallest absolute Gasteiger partial charge is 0.510 e. The molecule has 3 rings (SSSR count). The van der Waals surface area contributed by atoms with Crippen LogP contribution in [0.4, 0.5) is 8.63 Å². The Morgan fingerprint density at radius 3 is 1.18 bits per heavy atom. The van der Waals surface area contributed by atoms with Crippen LogP contribution in [-0.2, 0) is 28.5 Å². The van der Waals surface area contributed by atoms with Gasteiger partial charge in [-0.25, -0.2) is 0 Å². The van der Waals surface area contributed by atoms with Gasteiger partial charge >= 0.3 is 14.1 Å². The minimum Gasteiger partial charge on any atom is -0.510 e. The van der Waals surface area contributed by atoms with Crippen LogP contribution in [0.5, 0.6) is 0 Å². The third-order valence-corrected chi connectivity index (χ3v) is 7.11. The molecule has 0 aromatic rings. The van der Waals surface area contributed by atoms with E-state index in [0.29, 0.717) is 34.5 Å². The highest BCUT2D eigenvalue weighted by atomic mass is 32.2. The van der Waals surface area contributed by atoms with Gasteiger partial charge in [0.2, 0.25) is 0 Å². The van der Waals surface area contributed by atoms with Crippen LogP contribution < -0.4 is 0 Å². The lowest BCUT2D eigenvalue weighted by molar-refractivity contribution is 0.0231. The largest absolute Gasteiger partial charge is 0.812 e. The lowest BCUT2D eigenvalue weighted by Crippen LogP contribution is -2.39. The summed E-state index contributed by atoms with van der Waals surface area (Å²) >= 11 is 15.3. The van der Waals surface area contributed by atoms with Crippen LogP contribution in [0.2, 0.25) is 0 Å². The van der Waals surface area contributed by atoms with Crippen molar-refractivity contribution in [3.63, 3.8) is 0 Å². The molecule has 0 N–H and O–H groups in total. The minimum absolute atomic E-state index is 0.0632. The first kappa shape index (κ1) is 29.1. The minimum atomic E-state index is -4.22. The molecule has 0 saturated heterocycles. The Labute approximate surface area is 222 Å².